The van der Waals surface area contributed by atoms with Crippen LogP contribution in [0.25, 0.3) is 0 Å². The van der Waals surface area contributed by atoms with Crippen LogP contribution in [-0.4, -0.2) is 52.1 Å². The SMILES string of the molecule is O=C(C#Cc1ccccc1)NC1CCN(Cc2ccccc2)CC1.O=C(O)/C=C/C(=O)O. The zero-order valence-electron chi connectivity index (χ0n) is 17.6. The normalized spacial score (nSPS) is 13.9. The van der Waals surface area contributed by atoms with Gasteiger partial charge in [-0.1, -0.05) is 54.5 Å². The molecular formula is C25H26N2O5. The number of carboxylic acid groups (broad SMARTS) is 2. The van der Waals surface area contributed by atoms with Gasteiger partial charge in [0.15, 0.2) is 0 Å². The first-order chi connectivity index (χ1) is 15.4. The smallest absolute Gasteiger partial charge is 0.328 e. The number of carbonyl (C=O) groups excluding carboxylic acids is 1. The minimum Gasteiger partial charge on any atom is -0.478 e. The van der Waals surface area contributed by atoms with Crippen LogP contribution in [-0.2, 0) is 20.9 Å². The molecule has 7 heteroatoms. The van der Waals surface area contributed by atoms with Crippen LogP contribution in [0.2, 0.25) is 0 Å². The summed E-state index contributed by atoms with van der Waals surface area (Å²) in [6.45, 7) is 2.99. The molecule has 7 nitrogen and oxygen atoms in total. The van der Waals surface area contributed by atoms with Gasteiger partial charge in [0, 0.05) is 49.3 Å². The van der Waals surface area contributed by atoms with Crippen molar-refractivity contribution < 1.29 is 24.6 Å². The van der Waals surface area contributed by atoms with Gasteiger partial charge >= 0.3 is 11.9 Å². The van der Waals surface area contributed by atoms with E-state index in [0.717, 1.165) is 38.0 Å². The molecule has 0 atom stereocenters. The molecule has 0 bridgehead atoms. The molecule has 2 aromatic rings. The van der Waals surface area contributed by atoms with Crippen molar-refractivity contribution in [2.24, 2.45) is 0 Å². The predicted octanol–water partition coefficient (Wildman–Crippen LogP) is 2.53. The lowest BCUT2D eigenvalue weighted by atomic mass is 10.0. The number of carbonyl (C=O) groups is 3. The Morgan fingerprint density at radius 1 is 0.906 bits per heavy atom. The van der Waals surface area contributed by atoms with Crippen LogP contribution in [0.4, 0.5) is 0 Å². The van der Waals surface area contributed by atoms with Crippen LogP contribution in [0.1, 0.15) is 24.0 Å². The molecule has 0 aromatic heterocycles. The number of benzene rings is 2. The summed E-state index contributed by atoms with van der Waals surface area (Å²) in [5.41, 5.74) is 2.21. The van der Waals surface area contributed by atoms with Crippen molar-refractivity contribution in [2.75, 3.05) is 13.1 Å². The van der Waals surface area contributed by atoms with Crippen molar-refractivity contribution in [3.8, 4) is 11.8 Å². The monoisotopic (exact) mass is 434 g/mol. The van der Waals surface area contributed by atoms with Gasteiger partial charge in [-0.3, -0.25) is 9.69 Å². The zero-order chi connectivity index (χ0) is 23.2. The van der Waals surface area contributed by atoms with Crippen LogP contribution >= 0.6 is 0 Å². The number of hydrogen-bond donors (Lipinski definition) is 3. The van der Waals surface area contributed by atoms with Crippen molar-refractivity contribution in [3.05, 3.63) is 83.9 Å². The van der Waals surface area contributed by atoms with E-state index in [4.69, 9.17) is 10.2 Å². The average Bonchev–Trinajstić information content (AvgIpc) is 2.79. The molecular weight excluding hydrogens is 408 g/mol. The number of aliphatic carboxylic acids is 2. The van der Waals surface area contributed by atoms with Crippen molar-refractivity contribution in [3.63, 3.8) is 0 Å². The van der Waals surface area contributed by atoms with E-state index >= 15 is 0 Å². The van der Waals surface area contributed by atoms with Gasteiger partial charge < -0.3 is 15.5 Å². The fourth-order valence-electron chi connectivity index (χ4n) is 3.09. The van der Waals surface area contributed by atoms with E-state index in [2.05, 4.69) is 46.3 Å². The fourth-order valence-corrected chi connectivity index (χ4v) is 3.09. The van der Waals surface area contributed by atoms with Gasteiger partial charge in [0.25, 0.3) is 5.91 Å². The largest absolute Gasteiger partial charge is 0.478 e. The Morgan fingerprint density at radius 3 is 1.97 bits per heavy atom. The van der Waals surface area contributed by atoms with Crippen LogP contribution in [0.5, 0.6) is 0 Å². The number of carboxylic acids is 2. The van der Waals surface area contributed by atoms with Gasteiger partial charge in [-0.15, -0.1) is 0 Å². The average molecular weight is 434 g/mol. The van der Waals surface area contributed by atoms with Crippen molar-refractivity contribution in [1.29, 1.82) is 0 Å². The van der Waals surface area contributed by atoms with E-state index < -0.39 is 11.9 Å². The van der Waals surface area contributed by atoms with Crippen LogP contribution in [0.15, 0.2) is 72.8 Å². The fraction of sp³-hybridized carbons (Fsp3) is 0.240. The van der Waals surface area contributed by atoms with Crippen LogP contribution in [0.3, 0.4) is 0 Å². The molecule has 1 saturated heterocycles. The Balaban J connectivity index is 0.000000390. The molecule has 3 rings (SSSR count). The molecule has 166 valence electrons. The van der Waals surface area contributed by atoms with E-state index in [-0.39, 0.29) is 11.9 Å². The number of likely N-dealkylation sites (tertiary alicyclic amines) is 1. The Labute approximate surface area is 187 Å². The second-order valence-electron chi connectivity index (χ2n) is 7.14. The molecule has 1 fully saturated rings. The summed E-state index contributed by atoms with van der Waals surface area (Å²) in [5, 5.41) is 18.7. The number of amides is 1. The maximum Gasteiger partial charge on any atom is 0.328 e. The molecule has 1 amide bonds. The lowest BCUT2D eigenvalue weighted by Crippen LogP contribution is -2.44. The molecule has 32 heavy (non-hydrogen) atoms. The molecule has 0 aliphatic carbocycles. The molecule has 1 heterocycles. The number of piperidine rings is 1. The third-order valence-electron chi connectivity index (χ3n) is 4.63. The maximum atomic E-state index is 12.0. The predicted molar refractivity (Wildman–Crippen MR) is 121 cm³/mol. The highest BCUT2D eigenvalue weighted by Crippen LogP contribution is 2.13. The second kappa shape index (κ2) is 13.4. The Bertz CT molecular complexity index is 954. The van der Waals surface area contributed by atoms with E-state index in [1.807, 2.05) is 36.4 Å². The van der Waals surface area contributed by atoms with Gasteiger partial charge in [0.05, 0.1) is 0 Å². The van der Waals surface area contributed by atoms with Gasteiger partial charge in [-0.2, -0.15) is 0 Å². The summed E-state index contributed by atoms with van der Waals surface area (Å²) < 4.78 is 0. The van der Waals surface area contributed by atoms with Gasteiger partial charge in [0.1, 0.15) is 0 Å². The molecule has 2 aromatic carbocycles. The first-order valence-electron chi connectivity index (χ1n) is 10.2. The van der Waals surface area contributed by atoms with Gasteiger partial charge in [-0.05, 0) is 30.5 Å². The topological polar surface area (TPSA) is 107 Å². The highest BCUT2D eigenvalue weighted by atomic mass is 16.4. The van der Waals surface area contributed by atoms with Crippen molar-refractivity contribution >= 4 is 17.8 Å². The summed E-state index contributed by atoms with van der Waals surface area (Å²) in [6.07, 6.45) is 3.07. The van der Waals surface area contributed by atoms with E-state index in [0.29, 0.717) is 12.2 Å². The molecule has 0 radical (unpaired) electrons. The maximum absolute atomic E-state index is 12.0. The zero-order valence-corrected chi connectivity index (χ0v) is 17.6. The molecule has 1 aliphatic rings. The Hall–Kier alpha value is -3.89. The number of nitrogens with zero attached hydrogens (tertiary/aromatic N) is 1. The summed E-state index contributed by atoms with van der Waals surface area (Å²) in [6, 6.07) is 20.3. The van der Waals surface area contributed by atoms with Crippen LogP contribution in [0, 0.1) is 11.8 Å². The molecule has 1 aliphatic heterocycles. The number of nitrogens with one attached hydrogen (secondary N) is 1. The highest BCUT2D eigenvalue weighted by molar-refractivity contribution is 5.94. The third kappa shape index (κ3) is 10.2. The number of hydrogen-bond acceptors (Lipinski definition) is 4. The quantitative estimate of drug-likeness (QED) is 0.493. The lowest BCUT2D eigenvalue weighted by molar-refractivity contribution is -0.134. The minimum atomic E-state index is -1.26. The van der Waals surface area contributed by atoms with Gasteiger partial charge in [-0.25, -0.2) is 9.59 Å². The van der Waals surface area contributed by atoms with Crippen LogP contribution < -0.4 is 5.32 Å². The molecule has 0 saturated carbocycles. The Kier molecular flexibility index (Phi) is 10.2. The van der Waals surface area contributed by atoms with Crippen molar-refractivity contribution in [1.82, 2.24) is 10.2 Å². The first-order valence-corrected chi connectivity index (χ1v) is 10.2. The molecule has 0 spiro atoms. The summed E-state index contributed by atoms with van der Waals surface area (Å²) >= 11 is 0. The molecule has 0 unspecified atom stereocenters. The summed E-state index contributed by atoms with van der Waals surface area (Å²) in [5.74, 6) is 2.89. The molecule has 3 N–H and O–H groups in total. The second-order valence-corrected chi connectivity index (χ2v) is 7.14. The minimum absolute atomic E-state index is 0.180. The van der Waals surface area contributed by atoms with E-state index in [9.17, 15) is 14.4 Å². The lowest BCUT2D eigenvalue weighted by Gasteiger charge is -2.32. The summed E-state index contributed by atoms with van der Waals surface area (Å²) in [4.78, 5) is 33.5. The Morgan fingerprint density at radius 2 is 1.44 bits per heavy atom. The number of rotatable bonds is 5. The standard InChI is InChI=1S/C21H22N2O.C4H4O4/c24-21(12-11-18-7-3-1-4-8-18)22-20-13-15-23(16-14-20)17-19-9-5-2-6-10-19;5-3(6)1-2-4(7)8/h1-10,20H,13-17H2,(H,22,24);1-2H,(H,5,6)(H,7,8)/b;2-1+. The first kappa shape index (κ1) is 24.4. The van der Waals surface area contributed by atoms with E-state index in [1.165, 1.54) is 5.56 Å². The van der Waals surface area contributed by atoms with Crippen molar-refractivity contribution in [2.45, 2.75) is 25.4 Å². The van der Waals surface area contributed by atoms with E-state index in [1.54, 1.807) is 0 Å². The van der Waals surface area contributed by atoms with Gasteiger partial charge in [0.2, 0.25) is 0 Å². The third-order valence-corrected chi connectivity index (χ3v) is 4.63. The summed E-state index contributed by atoms with van der Waals surface area (Å²) in [7, 11) is 0. The highest BCUT2D eigenvalue weighted by Gasteiger charge is 2.20.